The smallest absolute Gasteiger partial charge is 0.254 e. The fourth-order valence-corrected chi connectivity index (χ4v) is 0.907. The van der Waals surface area contributed by atoms with Crippen LogP contribution in [0.25, 0.3) is 0 Å². The largest absolute Gasteiger partial charge is 0.394 e. The van der Waals surface area contributed by atoms with Crippen molar-refractivity contribution in [1.29, 1.82) is 0 Å². The van der Waals surface area contributed by atoms with E-state index in [0.717, 1.165) is 6.20 Å². The highest BCUT2D eigenvalue weighted by atomic mass is 19.1. The van der Waals surface area contributed by atoms with Crippen molar-refractivity contribution in [1.82, 2.24) is 10.3 Å². The molecule has 0 aromatic carbocycles. The Labute approximate surface area is 80.8 Å². The molecule has 14 heavy (non-hydrogen) atoms. The van der Waals surface area contributed by atoms with Gasteiger partial charge in [0, 0.05) is 12.2 Å². The molecule has 0 aliphatic heterocycles. The number of carbonyl (C=O) groups is 1. The van der Waals surface area contributed by atoms with Gasteiger partial charge in [0.2, 0.25) is 0 Å². The maximum Gasteiger partial charge on any atom is 0.254 e. The molecule has 1 aromatic rings. The minimum atomic E-state index is -0.671. The van der Waals surface area contributed by atoms with Gasteiger partial charge in [-0.3, -0.25) is 9.78 Å². The van der Waals surface area contributed by atoms with Crippen LogP contribution in [0, 0.1) is 5.82 Å². The van der Waals surface area contributed by atoms with Crippen LogP contribution in [-0.2, 0) is 0 Å². The van der Waals surface area contributed by atoms with E-state index >= 15 is 0 Å². The lowest BCUT2D eigenvalue weighted by Gasteiger charge is -2.10. The zero-order chi connectivity index (χ0) is 10.6. The van der Waals surface area contributed by atoms with Gasteiger partial charge in [-0.05, 0) is 13.0 Å². The van der Waals surface area contributed by atoms with E-state index in [2.05, 4.69) is 10.3 Å². The molecule has 0 aliphatic carbocycles. The third-order valence-corrected chi connectivity index (χ3v) is 1.67. The first-order chi connectivity index (χ1) is 6.65. The molecular formula is C9H11FN2O2. The van der Waals surface area contributed by atoms with Gasteiger partial charge in [0.1, 0.15) is 0 Å². The van der Waals surface area contributed by atoms with Crippen LogP contribution in [0.5, 0.6) is 0 Å². The van der Waals surface area contributed by atoms with Crippen molar-refractivity contribution in [3.8, 4) is 0 Å². The van der Waals surface area contributed by atoms with E-state index in [0.29, 0.717) is 0 Å². The number of nitrogens with zero attached hydrogens (tertiary/aromatic N) is 1. The first-order valence-corrected chi connectivity index (χ1v) is 4.16. The molecule has 1 heterocycles. The molecule has 1 rings (SSSR count). The minimum absolute atomic E-state index is 0.0692. The fourth-order valence-electron chi connectivity index (χ4n) is 0.907. The average Bonchev–Trinajstić information content (AvgIpc) is 2.18. The Kier molecular flexibility index (Phi) is 3.53. The first-order valence-electron chi connectivity index (χ1n) is 4.16. The van der Waals surface area contributed by atoms with E-state index in [4.69, 9.17) is 5.11 Å². The van der Waals surface area contributed by atoms with E-state index in [1.807, 2.05) is 0 Å². The normalized spacial score (nSPS) is 12.2. The van der Waals surface area contributed by atoms with Crippen molar-refractivity contribution in [2.45, 2.75) is 13.0 Å². The fraction of sp³-hybridized carbons (Fsp3) is 0.333. The van der Waals surface area contributed by atoms with Gasteiger partial charge in [0.25, 0.3) is 5.91 Å². The molecule has 0 spiro atoms. The van der Waals surface area contributed by atoms with Crippen molar-refractivity contribution < 1.29 is 14.3 Å². The molecule has 0 saturated carbocycles. The predicted molar refractivity (Wildman–Crippen MR) is 48.2 cm³/mol. The summed E-state index contributed by atoms with van der Waals surface area (Å²) < 4.78 is 13.0. The molecule has 1 amide bonds. The van der Waals surface area contributed by atoms with Gasteiger partial charge in [0.15, 0.2) is 5.82 Å². The molecule has 0 fully saturated rings. The Hall–Kier alpha value is -1.49. The number of halogens is 1. The lowest BCUT2D eigenvalue weighted by atomic mass is 10.2. The van der Waals surface area contributed by atoms with E-state index in [-0.39, 0.29) is 12.2 Å². The topological polar surface area (TPSA) is 62.2 Å². The summed E-state index contributed by atoms with van der Waals surface area (Å²) in [6, 6.07) is 0.893. The van der Waals surface area contributed by atoms with Crippen molar-refractivity contribution >= 4 is 5.91 Å². The standard InChI is InChI=1S/C9H11FN2O2/c1-6(5-13)12-9(14)7-2-3-11-4-8(7)10/h2-4,6,13H,5H2,1H3,(H,12,14). The van der Waals surface area contributed by atoms with Gasteiger partial charge in [-0.25, -0.2) is 4.39 Å². The second kappa shape index (κ2) is 4.66. The predicted octanol–water partition coefficient (Wildman–Crippen LogP) is 0.331. The second-order valence-corrected chi connectivity index (χ2v) is 2.91. The molecule has 0 bridgehead atoms. The lowest BCUT2D eigenvalue weighted by Crippen LogP contribution is -2.35. The highest BCUT2D eigenvalue weighted by Crippen LogP contribution is 2.04. The highest BCUT2D eigenvalue weighted by Gasteiger charge is 2.12. The number of hydrogen-bond acceptors (Lipinski definition) is 3. The molecule has 1 atom stereocenters. The number of pyridine rings is 1. The molecule has 1 unspecified atom stereocenters. The maximum absolute atomic E-state index is 13.0. The average molecular weight is 198 g/mol. The maximum atomic E-state index is 13.0. The molecule has 0 aliphatic rings. The van der Waals surface area contributed by atoms with Crippen molar-refractivity contribution in [2.24, 2.45) is 0 Å². The summed E-state index contributed by atoms with van der Waals surface area (Å²) in [6.45, 7) is 1.44. The van der Waals surface area contributed by atoms with Gasteiger partial charge >= 0.3 is 0 Å². The number of nitrogens with one attached hydrogen (secondary N) is 1. The molecular weight excluding hydrogens is 187 g/mol. The Balaban J connectivity index is 2.75. The van der Waals surface area contributed by atoms with Crippen LogP contribution < -0.4 is 5.32 Å². The van der Waals surface area contributed by atoms with Crippen molar-refractivity contribution in [2.75, 3.05) is 6.61 Å². The number of aliphatic hydroxyl groups is 1. The van der Waals surface area contributed by atoms with E-state index in [9.17, 15) is 9.18 Å². The van der Waals surface area contributed by atoms with Gasteiger partial charge in [-0.15, -0.1) is 0 Å². The van der Waals surface area contributed by atoms with Crippen molar-refractivity contribution in [3.05, 3.63) is 29.8 Å². The monoisotopic (exact) mass is 198 g/mol. The Morgan fingerprint density at radius 3 is 3.07 bits per heavy atom. The van der Waals surface area contributed by atoms with Crippen LogP contribution in [0.4, 0.5) is 4.39 Å². The number of hydrogen-bond donors (Lipinski definition) is 2. The summed E-state index contributed by atoms with van der Waals surface area (Å²) in [4.78, 5) is 14.9. The number of rotatable bonds is 3. The van der Waals surface area contributed by atoms with E-state index < -0.39 is 17.8 Å². The molecule has 0 radical (unpaired) electrons. The number of aliphatic hydroxyl groups excluding tert-OH is 1. The van der Waals surface area contributed by atoms with Crippen LogP contribution in [-0.4, -0.2) is 28.6 Å². The zero-order valence-electron chi connectivity index (χ0n) is 7.70. The number of amides is 1. The van der Waals surface area contributed by atoms with Crippen LogP contribution in [0.2, 0.25) is 0 Å². The Morgan fingerprint density at radius 2 is 2.50 bits per heavy atom. The van der Waals surface area contributed by atoms with Gasteiger partial charge < -0.3 is 10.4 Å². The summed E-state index contributed by atoms with van der Waals surface area (Å²) in [6.07, 6.45) is 2.31. The molecule has 2 N–H and O–H groups in total. The number of carbonyl (C=O) groups excluding carboxylic acids is 1. The van der Waals surface area contributed by atoms with Gasteiger partial charge in [-0.1, -0.05) is 0 Å². The van der Waals surface area contributed by atoms with E-state index in [1.54, 1.807) is 6.92 Å². The highest BCUT2D eigenvalue weighted by molar-refractivity contribution is 5.94. The summed E-state index contributed by atoms with van der Waals surface area (Å²) in [5.41, 5.74) is -0.0692. The van der Waals surface area contributed by atoms with Crippen LogP contribution in [0.3, 0.4) is 0 Å². The third-order valence-electron chi connectivity index (χ3n) is 1.67. The number of aromatic nitrogens is 1. The second-order valence-electron chi connectivity index (χ2n) is 2.91. The van der Waals surface area contributed by atoms with Crippen LogP contribution in [0.15, 0.2) is 18.5 Å². The SMILES string of the molecule is CC(CO)NC(=O)c1ccncc1F. The summed E-state index contributed by atoms with van der Waals surface area (Å²) >= 11 is 0. The molecule has 1 aromatic heterocycles. The first kappa shape index (κ1) is 10.6. The van der Waals surface area contributed by atoms with Gasteiger partial charge in [0.05, 0.1) is 18.4 Å². The molecule has 76 valence electrons. The molecule has 0 saturated heterocycles. The molecule has 4 nitrogen and oxygen atoms in total. The minimum Gasteiger partial charge on any atom is -0.394 e. The summed E-state index contributed by atoms with van der Waals surface area (Å²) in [5.74, 6) is -1.22. The van der Waals surface area contributed by atoms with Crippen molar-refractivity contribution in [3.63, 3.8) is 0 Å². The zero-order valence-corrected chi connectivity index (χ0v) is 7.70. The van der Waals surface area contributed by atoms with Gasteiger partial charge in [-0.2, -0.15) is 0 Å². The Bertz CT molecular complexity index is 330. The summed E-state index contributed by atoms with van der Waals surface area (Å²) in [7, 11) is 0. The van der Waals surface area contributed by atoms with Crippen LogP contribution in [0.1, 0.15) is 17.3 Å². The molecule has 5 heteroatoms. The lowest BCUT2D eigenvalue weighted by molar-refractivity contribution is 0.0918. The third kappa shape index (κ3) is 2.50. The van der Waals surface area contributed by atoms with Crippen LogP contribution >= 0.6 is 0 Å². The quantitative estimate of drug-likeness (QED) is 0.735. The Morgan fingerprint density at radius 1 is 1.79 bits per heavy atom. The summed E-state index contributed by atoms with van der Waals surface area (Å²) in [5, 5.41) is 11.1. The van der Waals surface area contributed by atoms with E-state index in [1.165, 1.54) is 12.3 Å².